The van der Waals surface area contributed by atoms with Gasteiger partial charge >= 0.3 is 0 Å². The number of benzene rings is 1. The van der Waals surface area contributed by atoms with Crippen molar-refractivity contribution < 1.29 is 9.53 Å². The van der Waals surface area contributed by atoms with Crippen LogP contribution in [0.3, 0.4) is 0 Å². The van der Waals surface area contributed by atoms with Crippen LogP contribution in [0, 0.1) is 0 Å². The molecule has 2 N–H and O–H groups in total. The number of hydrogen-bond acceptors (Lipinski definition) is 4. The van der Waals surface area contributed by atoms with Gasteiger partial charge in [0.05, 0.1) is 18.8 Å². The highest BCUT2D eigenvalue weighted by Gasteiger charge is 2.25. The van der Waals surface area contributed by atoms with Gasteiger partial charge in [0, 0.05) is 26.2 Å². The number of hydrogen-bond donors (Lipinski definition) is 2. The quantitative estimate of drug-likeness (QED) is 0.831. The van der Waals surface area contributed by atoms with Gasteiger partial charge in [-0.2, -0.15) is 0 Å². The molecule has 0 aromatic heterocycles. The number of likely N-dealkylation sites (N-methyl/N-ethyl adjacent to an activating group) is 1. The van der Waals surface area contributed by atoms with E-state index in [9.17, 15) is 4.79 Å². The summed E-state index contributed by atoms with van der Waals surface area (Å²) in [5.74, 6) is 0.0707. The smallest absolute Gasteiger partial charge is 0.237 e. The Balaban J connectivity index is 1.50. The third-order valence-corrected chi connectivity index (χ3v) is 4.24. The monoisotopic (exact) mass is 289 g/mol. The molecule has 1 amide bonds. The fraction of sp³-hybridized carbons (Fsp3) is 0.562. The molecular formula is C16H23N3O2. The highest BCUT2D eigenvalue weighted by Crippen LogP contribution is 2.16. The number of fused-ring (bicyclic) bond motifs is 1. The highest BCUT2D eigenvalue weighted by atomic mass is 16.5. The van der Waals surface area contributed by atoms with Gasteiger partial charge in [-0.3, -0.25) is 4.79 Å². The molecule has 2 aliphatic heterocycles. The Labute approximate surface area is 125 Å². The lowest BCUT2D eigenvalue weighted by Gasteiger charge is -2.31. The van der Waals surface area contributed by atoms with Crippen LogP contribution < -0.4 is 10.6 Å². The van der Waals surface area contributed by atoms with E-state index in [1.54, 1.807) is 0 Å². The van der Waals surface area contributed by atoms with E-state index >= 15 is 0 Å². The SMILES string of the molecule is CN1CCOC(CNC(=O)[C@@H]2Cc3ccccc3CN2)C1. The molecular weight excluding hydrogens is 266 g/mol. The molecule has 5 heteroatoms. The van der Waals surface area contributed by atoms with E-state index in [0.29, 0.717) is 6.54 Å². The second-order valence-corrected chi connectivity index (χ2v) is 5.91. The Morgan fingerprint density at radius 3 is 3.05 bits per heavy atom. The van der Waals surface area contributed by atoms with E-state index in [1.165, 1.54) is 11.1 Å². The zero-order valence-corrected chi connectivity index (χ0v) is 12.5. The van der Waals surface area contributed by atoms with Gasteiger partial charge in [-0.1, -0.05) is 24.3 Å². The van der Waals surface area contributed by atoms with Crippen molar-refractivity contribution in [3.05, 3.63) is 35.4 Å². The van der Waals surface area contributed by atoms with Gasteiger partial charge in [-0.05, 0) is 24.6 Å². The van der Waals surface area contributed by atoms with Crippen LogP contribution in [0.4, 0.5) is 0 Å². The van der Waals surface area contributed by atoms with E-state index in [2.05, 4.69) is 34.7 Å². The molecule has 3 rings (SSSR count). The normalized spacial score (nSPS) is 26.1. The molecule has 0 radical (unpaired) electrons. The minimum Gasteiger partial charge on any atom is -0.374 e. The summed E-state index contributed by atoms with van der Waals surface area (Å²) in [4.78, 5) is 14.5. The molecule has 5 nitrogen and oxygen atoms in total. The molecule has 2 heterocycles. The number of rotatable bonds is 3. The maximum atomic E-state index is 12.3. The summed E-state index contributed by atoms with van der Waals surface area (Å²) in [6.45, 7) is 3.93. The zero-order valence-electron chi connectivity index (χ0n) is 12.5. The summed E-state index contributed by atoms with van der Waals surface area (Å²) in [6, 6.07) is 8.15. The maximum absolute atomic E-state index is 12.3. The molecule has 1 aromatic rings. The standard InChI is InChI=1S/C16H23N3O2/c1-19-6-7-21-14(11-19)10-18-16(20)15-8-12-4-2-3-5-13(12)9-17-15/h2-5,14-15,17H,6-11H2,1H3,(H,18,20)/t14?,15-/m0/s1. The second-order valence-electron chi connectivity index (χ2n) is 5.91. The first kappa shape index (κ1) is 14.5. The molecule has 114 valence electrons. The summed E-state index contributed by atoms with van der Waals surface area (Å²) >= 11 is 0. The molecule has 1 saturated heterocycles. The first-order valence-corrected chi connectivity index (χ1v) is 7.60. The number of morpholine rings is 1. The summed E-state index contributed by atoms with van der Waals surface area (Å²) < 4.78 is 5.67. The lowest BCUT2D eigenvalue weighted by Crippen LogP contribution is -2.51. The molecule has 1 fully saturated rings. The van der Waals surface area contributed by atoms with Crippen molar-refractivity contribution in [2.75, 3.05) is 33.3 Å². The van der Waals surface area contributed by atoms with E-state index in [4.69, 9.17) is 4.74 Å². The van der Waals surface area contributed by atoms with Crippen molar-refractivity contribution in [1.29, 1.82) is 0 Å². The molecule has 0 saturated carbocycles. The van der Waals surface area contributed by atoms with Gasteiger partial charge in [0.15, 0.2) is 0 Å². The lowest BCUT2D eigenvalue weighted by atomic mass is 9.95. The number of amides is 1. The number of ether oxygens (including phenoxy) is 1. The molecule has 21 heavy (non-hydrogen) atoms. The molecule has 2 atom stereocenters. The molecule has 0 bridgehead atoms. The van der Waals surface area contributed by atoms with Crippen LogP contribution in [0.5, 0.6) is 0 Å². The van der Waals surface area contributed by atoms with Gasteiger partial charge in [-0.25, -0.2) is 0 Å². The highest BCUT2D eigenvalue weighted by molar-refractivity contribution is 5.82. The Kier molecular flexibility index (Phi) is 4.53. The molecule has 0 aliphatic carbocycles. The van der Waals surface area contributed by atoms with E-state index < -0.39 is 0 Å². The Morgan fingerprint density at radius 1 is 1.43 bits per heavy atom. The van der Waals surface area contributed by atoms with Crippen molar-refractivity contribution in [2.45, 2.75) is 25.1 Å². The van der Waals surface area contributed by atoms with Gasteiger partial charge < -0.3 is 20.3 Å². The molecule has 0 spiro atoms. The molecule has 1 aromatic carbocycles. The Morgan fingerprint density at radius 2 is 2.24 bits per heavy atom. The number of carbonyl (C=O) groups excluding carboxylic acids is 1. The number of nitrogens with zero attached hydrogens (tertiary/aromatic N) is 1. The van der Waals surface area contributed by atoms with Gasteiger partial charge in [0.25, 0.3) is 0 Å². The van der Waals surface area contributed by atoms with Crippen molar-refractivity contribution >= 4 is 5.91 Å². The predicted molar refractivity (Wildman–Crippen MR) is 81.0 cm³/mol. The Bertz CT molecular complexity index is 506. The van der Waals surface area contributed by atoms with E-state index in [-0.39, 0.29) is 18.1 Å². The fourth-order valence-corrected chi connectivity index (χ4v) is 2.97. The topological polar surface area (TPSA) is 53.6 Å². The van der Waals surface area contributed by atoms with Crippen LogP contribution in [0.15, 0.2) is 24.3 Å². The molecule has 1 unspecified atom stereocenters. The minimum absolute atomic E-state index is 0.0707. The first-order chi connectivity index (χ1) is 10.2. The van der Waals surface area contributed by atoms with Gasteiger partial charge in [0.1, 0.15) is 0 Å². The average molecular weight is 289 g/mol. The van der Waals surface area contributed by atoms with E-state index in [1.807, 2.05) is 12.1 Å². The minimum atomic E-state index is -0.138. The van der Waals surface area contributed by atoms with Crippen LogP contribution in [0.1, 0.15) is 11.1 Å². The fourth-order valence-electron chi connectivity index (χ4n) is 2.97. The first-order valence-electron chi connectivity index (χ1n) is 7.60. The largest absolute Gasteiger partial charge is 0.374 e. The molecule has 2 aliphatic rings. The predicted octanol–water partition coefficient (Wildman–Crippen LogP) is 0.148. The second kappa shape index (κ2) is 6.56. The van der Waals surface area contributed by atoms with Gasteiger partial charge in [0.2, 0.25) is 5.91 Å². The van der Waals surface area contributed by atoms with Crippen LogP contribution >= 0.6 is 0 Å². The van der Waals surface area contributed by atoms with Gasteiger partial charge in [-0.15, -0.1) is 0 Å². The Hall–Kier alpha value is -1.43. The number of nitrogens with one attached hydrogen (secondary N) is 2. The number of carbonyl (C=O) groups is 1. The average Bonchev–Trinajstić information content (AvgIpc) is 2.52. The van der Waals surface area contributed by atoms with Crippen LogP contribution in [-0.2, 0) is 22.5 Å². The lowest BCUT2D eigenvalue weighted by molar-refractivity contribution is -0.124. The van der Waals surface area contributed by atoms with Crippen LogP contribution in [0.2, 0.25) is 0 Å². The summed E-state index contributed by atoms with van der Waals surface area (Å²) in [7, 11) is 2.08. The van der Waals surface area contributed by atoms with Crippen molar-refractivity contribution in [3.8, 4) is 0 Å². The van der Waals surface area contributed by atoms with Crippen LogP contribution in [-0.4, -0.2) is 56.2 Å². The summed E-state index contributed by atoms with van der Waals surface area (Å²) in [5.41, 5.74) is 2.56. The van der Waals surface area contributed by atoms with Crippen molar-refractivity contribution in [2.24, 2.45) is 0 Å². The zero-order chi connectivity index (χ0) is 14.7. The maximum Gasteiger partial charge on any atom is 0.237 e. The van der Waals surface area contributed by atoms with Crippen molar-refractivity contribution in [3.63, 3.8) is 0 Å². The summed E-state index contributed by atoms with van der Waals surface area (Å²) in [5, 5.41) is 6.33. The van der Waals surface area contributed by atoms with Crippen LogP contribution in [0.25, 0.3) is 0 Å². The third-order valence-electron chi connectivity index (χ3n) is 4.24. The summed E-state index contributed by atoms with van der Waals surface area (Å²) in [6.07, 6.45) is 0.858. The third kappa shape index (κ3) is 3.61. The van der Waals surface area contributed by atoms with E-state index in [0.717, 1.165) is 32.7 Å². The van der Waals surface area contributed by atoms with Crippen molar-refractivity contribution in [1.82, 2.24) is 15.5 Å².